The van der Waals surface area contributed by atoms with Gasteiger partial charge in [0.05, 0.1) is 0 Å². The van der Waals surface area contributed by atoms with Gasteiger partial charge in [-0.1, -0.05) is 30.3 Å². The fourth-order valence-corrected chi connectivity index (χ4v) is 1.70. The molecule has 5 nitrogen and oxygen atoms in total. The summed E-state index contributed by atoms with van der Waals surface area (Å²) in [5, 5.41) is 10.8. The number of carbonyl (C=O) groups excluding carboxylic acids is 1. The minimum Gasteiger partial charge on any atom is -0.480 e. The number of carboxylic acid groups (broad SMARTS) is 1. The number of hydrogen-bond donors (Lipinski definition) is 2. The summed E-state index contributed by atoms with van der Waals surface area (Å²) in [6.45, 7) is 1.11. The van der Waals surface area contributed by atoms with Crippen molar-refractivity contribution in [1.29, 1.82) is 0 Å². The lowest BCUT2D eigenvalue weighted by Crippen LogP contribution is -2.34. The van der Waals surface area contributed by atoms with Gasteiger partial charge in [-0.05, 0) is 5.56 Å². The van der Waals surface area contributed by atoms with Crippen LogP contribution >= 0.6 is 0 Å². The maximum absolute atomic E-state index is 11.5. The predicted octanol–water partition coefficient (Wildman–Crippen LogP) is 0.0716. The standard InChI is InChI=1S/C12H14N2O3/c15-11(16)6-13-12(17)10-8-14(10)7-9-4-2-1-3-5-9/h1-5,10H,6-8H2,(H,13,17)(H,15,16). The highest BCUT2D eigenvalue weighted by atomic mass is 16.4. The van der Waals surface area contributed by atoms with Crippen LogP contribution < -0.4 is 5.32 Å². The molecular formula is C12H14N2O3. The molecule has 1 aliphatic heterocycles. The van der Waals surface area contributed by atoms with Gasteiger partial charge in [0.15, 0.2) is 0 Å². The zero-order valence-corrected chi connectivity index (χ0v) is 9.30. The molecule has 17 heavy (non-hydrogen) atoms. The molecule has 1 amide bonds. The normalized spacial score (nSPS) is 21.9. The first-order valence-corrected chi connectivity index (χ1v) is 5.44. The summed E-state index contributed by atoms with van der Waals surface area (Å²) in [6, 6.07) is 9.70. The number of hydrogen-bond acceptors (Lipinski definition) is 3. The molecule has 1 fully saturated rings. The van der Waals surface area contributed by atoms with Gasteiger partial charge in [-0.15, -0.1) is 0 Å². The molecule has 2 unspecified atom stereocenters. The SMILES string of the molecule is O=C(O)CNC(=O)C1CN1Cc1ccccc1. The van der Waals surface area contributed by atoms with Crippen LogP contribution in [0.2, 0.25) is 0 Å². The molecule has 0 bridgehead atoms. The Morgan fingerprint density at radius 2 is 2.06 bits per heavy atom. The minimum absolute atomic E-state index is 0.172. The topological polar surface area (TPSA) is 69.4 Å². The molecule has 1 heterocycles. The summed E-state index contributed by atoms with van der Waals surface area (Å²) in [4.78, 5) is 23.8. The first-order chi connectivity index (χ1) is 8.16. The van der Waals surface area contributed by atoms with E-state index in [1.165, 1.54) is 0 Å². The predicted molar refractivity (Wildman–Crippen MR) is 61.3 cm³/mol. The largest absolute Gasteiger partial charge is 0.480 e. The lowest BCUT2D eigenvalue weighted by Gasteiger charge is -2.04. The molecule has 1 aromatic rings. The molecule has 5 heteroatoms. The molecule has 0 radical (unpaired) electrons. The van der Waals surface area contributed by atoms with E-state index in [-0.39, 0.29) is 18.5 Å². The first-order valence-electron chi connectivity index (χ1n) is 5.44. The van der Waals surface area contributed by atoms with Crippen LogP contribution in [0.3, 0.4) is 0 Å². The van der Waals surface area contributed by atoms with Crippen LogP contribution in [-0.2, 0) is 16.1 Å². The van der Waals surface area contributed by atoms with E-state index in [1.54, 1.807) is 0 Å². The molecule has 90 valence electrons. The van der Waals surface area contributed by atoms with E-state index in [2.05, 4.69) is 5.32 Å². The van der Waals surface area contributed by atoms with Crippen LogP contribution in [0.5, 0.6) is 0 Å². The van der Waals surface area contributed by atoms with Crippen molar-refractivity contribution in [2.45, 2.75) is 12.6 Å². The van der Waals surface area contributed by atoms with Crippen LogP contribution in [0.4, 0.5) is 0 Å². The van der Waals surface area contributed by atoms with Crippen LogP contribution in [-0.4, -0.2) is 41.0 Å². The number of nitrogens with one attached hydrogen (secondary N) is 1. The van der Waals surface area contributed by atoms with Gasteiger partial charge in [-0.2, -0.15) is 0 Å². The van der Waals surface area contributed by atoms with Crippen molar-refractivity contribution in [2.24, 2.45) is 0 Å². The number of aliphatic carboxylic acids is 1. The Morgan fingerprint density at radius 3 is 2.71 bits per heavy atom. The third-order valence-corrected chi connectivity index (χ3v) is 2.66. The van der Waals surface area contributed by atoms with Crippen LogP contribution in [0.1, 0.15) is 5.56 Å². The van der Waals surface area contributed by atoms with E-state index >= 15 is 0 Å². The number of benzene rings is 1. The fourth-order valence-electron chi connectivity index (χ4n) is 1.70. The van der Waals surface area contributed by atoms with Gasteiger partial charge in [-0.25, -0.2) is 0 Å². The van der Waals surface area contributed by atoms with E-state index in [9.17, 15) is 9.59 Å². The van der Waals surface area contributed by atoms with Gasteiger partial charge in [-0.3, -0.25) is 14.5 Å². The third-order valence-electron chi connectivity index (χ3n) is 2.66. The van der Waals surface area contributed by atoms with Crippen molar-refractivity contribution in [1.82, 2.24) is 10.2 Å². The number of carboxylic acids is 1. The minimum atomic E-state index is -1.02. The van der Waals surface area contributed by atoms with E-state index < -0.39 is 5.97 Å². The van der Waals surface area contributed by atoms with Crippen molar-refractivity contribution < 1.29 is 14.7 Å². The Labute approximate surface area is 99.0 Å². The Balaban J connectivity index is 1.77. The molecule has 2 rings (SSSR count). The number of amides is 1. The molecule has 0 saturated carbocycles. The molecular weight excluding hydrogens is 220 g/mol. The molecule has 1 saturated heterocycles. The van der Waals surface area contributed by atoms with Gasteiger partial charge in [0, 0.05) is 13.1 Å². The summed E-state index contributed by atoms with van der Waals surface area (Å²) >= 11 is 0. The van der Waals surface area contributed by atoms with Gasteiger partial charge < -0.3 is 10.4 Å². The number of rotatable bonds is 5. The Morgan fingerprint density at radius 1 is 1.35 bits per heavy atom. The molecule has 0 spiro atoms. The summed E-state index contributed by atoms with van der Waals surface area (Å²) < 4.78 is 0. The van der Waals surface area contributed by atoms with Crippen molar-refractivity contribution in [3.8, 4) is 0 Å². The van der Waals surface area contributed by atoms with E-state index in [1.807, 2.05) is 35.2 Å². The maximum atomic E-state index is 11.5. The Kier molecular flexibility index (Phi) is 3.39. The molecule has 1 aromatic carbocycles. The van der Waals surface area contributed by atoms with Gasteiger partial charge in [0.25, 0.3) is 0 Å². The molecule has 0 aliphatic carbocycles. The van der Waals surface area contributed by atoms with Crippen LogP contribution in [0.15, 0.2) is 30.3 Å². The quantitative estimate of drug-likeness (QED) is 0.707. The second kappa shape index (κ2) is 4.97. The Hall–Kier alpha value is -1.88. The monoisotopic (exact) mass is 234 g/mol. The lowest BCUT2D eigenvalue weighted by molar-refractivity contribution is -0.137. The maximum Gasteiger partial charge on any atom is 0.322 e. The second-order valence-corrected chi connectivity index (χ2v) is 4.04. The third kappa shape index (κ3) is 3.29. The molecule has 2 atom stereocenters. The van der Waals surface area contributed by atoms with Gasteiger partial charge in [0.2, 0.25) is 5.91 Å². The zero-order valence-electron chi connectivity index (χ0n) is 9.30. The summed E-state index contributed by atoms with van der Waals surface area (Å²) in [7, 11) is 0. The van der Waals surface area contributed by atoms with Crippen molar-refractivity contribution in [3.05, 3.63) is 35.9 Å². The average molecular weight is 234 g/mol. The smallest absolute Gasteiger partial charge is 0.322 e. The van der Waals surface area contributed by atoms with E-state index in [4.69, 9.17) is 5.11 Å². The van der Waals surface area contributed by atoms with Gasteiger partial charge >= 0.3 is 5.97 Å². The van der Waals surface area contributed by atoms with Crippen molar-refractivity contribution in [3.63, 3.8) is 0 Å². The van der Waals surface area contributed by atoms with Crippen molar-refractivity contribution in [2.75, 3.05) is 13.1 Å². The highest BCUT2D eigenvalue weighted by molar-refractivity contribution is 5.87. The summed E-state index contributed by atoms with van der Waals surface area (Å²) in [5.41, 5.74) is 1.15. The van der Waals surface area contributed by atoms with Crippen LogP contribution in [0.25, 0.3) is 0 Å². The van der Waals surface area contributed by atoms with Crippen LogP contribution in [0, 0.1) is 0 Å². The zero-order chi connectivity index (χ0) is 12.3. The average Bonchev–Trinajstić information content (AvgIpc) is 3.06. The fraction of sp³-hybridized carbons (Fsp3) is 0.333. The molecule has 2 N–H and O–H groups in total. The summed E-state index contributed by atoms with van der Waals surface area (Å²) in [6.07, 6.45) is 0. The van der Waals surface area contributed by atoms with E-state index in [0.29, 0.717) is 6.54 Å². The first kappa shape index (κ1) is 11.6. The van der Waals surface area contributed by atoms with E-state index in [0.717, 1.165) is 12.1 Å². The molecule has 0 aromatic heterocycles. The number of carbonyl (C=O) groups is 2. The summed E-state index contributed by atoms with van der Waals surface area (Å²) in [5.74, 6) is -1.23. The van der Waals surface area contributed by atoms with Gasteiger partial charge in [0.1, 0.15) is 12.6 Å². The molecule has 1 aliphatic rings. The Bertz CT molecular complexity index is 419. The highest BCUT2D eigenvalue weighted by Crippen LogP contribution is 2.20. The second-order valence-electron chi connectivity index (χ2n) is 4.04. The number of nitrogens with zero attached hydrogens (tertiary/aromatic N) is 1. The highest BCUT2D eigenvalue weighted by Gasteiger charge is 2.39. The lowest BCUT2D eigenvalue weighted by atomic mass is 10.2. The van der Waals surface area contributed by atoms with Crippen molar-refractivity contribution >= 4 is 11.9 Å².